The van der Waals surface area contributed by atoms with Crippen molar-refractivity contribution in [1.82, 2.24) is 14.5 Å². The number of sulfonamides is 1. The number of carbonyl (C=O) groups is 1. The number of nitrogens with zero attached hydrogens (tertiary/aromatic N) is 3. The van der Waals surface area contributed by atoms with E-state index in [0.717, 1.165) is 0 Å². The summed E-state index contributed by atoms with van der Waals surface area (Å²) in [4.78, 5) is 14.0. The Bertz CT molecular complexity index is 790. The lowest BCUT2D eigenvalue weighted by atomic mass is 10.2. The van der Waals surface area contributed by atoms with Crippen molar-refractivity contribution in [3.8, 4) is 6.07 Å². The molecule has 161 valence electrons. The van der Waals surface area contributed by atoms with E-state index in [1.165, 1.54) is 23.5 Å². The van der Waals surface area contributed by atoms with E-state index >= 15 is 0 Å². The zero-order valence-corrected chi connectivity index (χ0v) is 18.4. The number of rotatable bonds is 12. The van der Waals surface area contributed by atoms with Crippen LogP contribution in [0.3, 0.4) is 0 Å². The van der Waals surface area contributed by atoms with Crippen molar-refractivity contribution in [2.24, 2.45) is 0 Å². The largest absolute Gasteiger partial charge is 0.384 e. The number of nitrogens with one attached hydrogen (secondary N) is 1. The SMILES string of the molecule is COC[CH]CN(CCCCN(C)S(=O)(=O)c1ccccc1C#N)C(=O)NC(C)C. The summed E-state index contributed by atoms with van der Waals surface area (Å²) in [6, 6.07) is 7.96. The van der Waals surface area contributed by atoms with Gasteiger partial charge < -0.3 is 15.0 Å². The zero-order valence-electron chi connectivity index (χ0n) is 17.6. The standard InChI is InChI=1S/C20H31N4O4S/c1-17(2)22-20(25)24(14-9-15-28-4)13-8-7-12-23(3)29(26,27)19-11-6-5-10-18(19)16-21/h5-6,9-11,17H,7-8,12-15H2,1-4H3,(H,22,25). The first kappa shape index (κ1) is 24.9. The van der Waals surface area contributed by atoms with Gasteiger partial charge in [-0.1, -0.05) is 12.1 Å². The molecule has 9 heteroatoms. The highest BCUT2D eigenvalue weighted by atomic mass is 32.2. The van der Waals surface area contributed by atoms with Crippen molar-refractivity contribution in [3.05, 3.63) is 36.2 Å². The van der Waals surface area contributed by atoms with E-state index in [-0.39, 0.29) is 22.5 Å². The molecule has 0 saturated carbocycles. The van der Waals surface area contributed by atoms with Crippen LogP contribution in [0.1, 0.15) is 32.3 Å². The average molecular weight is 424 g/mol. The molecule has 0 spiro atoms. The predicted molar refractivity (Wildman–Crippen MR) is 112 cm³/mol. The molecule has 0 bridgehead atoms. The molecular formula is C20H31N4O4S. The Morgan fingerprint density at radius 2 is 1.93 bits per heavy atom. The molecule has 0 atom stereocenters. The number of methoxy groups -OCH3 is 1. The number of ether oxygens (including phenoxy) is 1. The van der Waals surface area contributed by atoms with Crippen molar-refractivity contribution in [2.45, 2.75) is 37.6 Å². The first-order chi connectivity index (χ1) is 13.7. The van der Waals surface area contributed by atoms with Gasteiger partial charge in [0.05, 0.1) is 17.1 Å². The topological polar surface area (TPSA) is 103 Å². The van der Waals surface area contributed by atoms with E-state index in [1.807, 2.05) is 26.3 Å². The van der Waals surface area contributed by atoms with E-state index in [0.29, 0.717) is 39.1 Å². The lowest BCUT2D eigenvalue weighted by Crippen LogP contribution is -2.44. The van der Waals surface area contributed by atoms with Crippen LogP contribution in [0, 0.1) is 17.8 Å². The Kier molecular flexibility index (Phi) is 10.7. The maximum Gasteiger partial charge on any atom is 0.317 e. The minimum absolute atomic E-state index is 0.0112. The van der Waals surface area contributed by atoms with Crippen molar-refractivity contribution in [2.75, 3.05) is 40.4 Å². The van der Waals surface area contributed by atoms with E-state index in [2.05, 4.69) is 5.32 Å². The minimum Gasteiger partial charge on any atom is -0.384 e. The summed E-state index contributed by atoms with van der Waals surface area (Å²) >= 11 is 0. The number of carbonyl (C=O) groups excluding carboxylic acids is 1. The van der Waals surface area contributed by atoms with Gasteiger partial charge in [-0.2, -0.15) is 5.26 Å². The van der Waals surface area contributed by atoms with E-state index < -0.39 is 10.0 Å². The molecule has 0 aliphatic heterocycles. The molecule has 0 unspecified atom stereocenters. The van der Waals surface area contributed by atoms with Gasteiger partial charge in [-0.15, -0.1) is 0 Å². The highest BCUT2D eigenvalue weighted by molar-refractivity contribution is 7.89. The smallest absolute Gasteiger partial charge is 0.317 e. The third-order valence-electron chi connectivity index (χ3n) is 4.18. The fourth-order valence-corrected chi connectivity index (χ4v) is 4.00. The summed E-state index contributed by atoms with van der Waals surface area (Å²) in [7, 11) is -0.645. The number of unbranched alkanes of at least 4 members (excludes halogenated alkanes) is 1. The number of benzene rings is 1. The number of nitriles is 1. The Morgan fingerprint density at radius 3 is 2.55 bits per heavy atom. The molecule has 1 N–H and O–H groups in total. The Labute approximate surface area is 174 Å². The number of hydrogen-bond donors (Lipinski definition) is 1. The van der Waals surface area contributed by atoms with Crippen molar-refractivity contribution in [1.29, 1.82) is 5.26 Å². The highest BCUT2D eigenvalue weighted by Gasteiger charge is 2.23. The molecule has 0 aromatic heterocycles. The van der Waals surface area contributed by atoms with Crippen LogP contribution in [-0.2, 0) is 14.8 Å². The zero-order chi connectivity index (χ0) is 21.9. The van der Waals surface area contributed by atoms with Gasteiger partial charge in [-0.3, -0.25) is 0 Å². The third kappa shape index (κ3) is 8.01. The van der Waals surface area contributed by atoms with Crippen LogP contribution in [-0.4, -0.2) is 70.1 Å². The van der Waals surface area contributed by atoms with Crippen LogP contribution in [0.5, 0.6) is 0 Å². The molecule has 29 heavy (non-hydrogen) atoms. The second-order valence-electron chi connectivity index (χ2n) is 6.94. The van der Waals surface area contributed by atoms with Gasteiger partial charge in [0.15, 0.2) is 0 Å². The summed E-state index contributed by atoms with van der Waals surface area (Å²) in [5.41, 5.74) is 0.129. The van der Waals surface area contributed by atoms with Crippen LogP contribution >= 0.6 is 0 Å². The van der Waals surface area contributed by atoms with Gasteiger partial charge in [0.25, 0.3) is 0 Å². The Hall–Kier alpha value is -2.15. The van der Waals surface area contributed by atoms with Gasteiger partial charge in [-0.05, 0) is 38.8 Å². The number of urea groups is 1. The van der Waals surface area contributed by atoms with Gasteiger partial charge in [0.2, 0.25) is 10.0 Å². The normalized spacial score (nSPS) is 11.5. The second kappa shape index (κ2) is 12.4. The van der Waals surface area contributed by atoms with E-state index in [4.69, 9.17) is 10.00 Å². The summed E-state index contributed by atoms with van der Waals surface area (Å²) in [5, 5.41) is 12.0. The van der Waals surface area contributed by atoms with Crippen LogP contribution in [0.4, 0.5) is 4.79 Å². The van der Waals surface area contributed by atoms with E-state index in [9.17, 15) is 13.2 Å². The predicted octanol–water partition coefficient (Wildman–Crippen LogP) is 2.23. The molecule has 1 radical (unpaired) electrons. The maximum atomic E-state index is 12.7. The van der Waals surface area contributed by atoms with Crippen molar-refractivity contribution >= 4 is 16.1 Å². The summed E-state index contributed by atoms with van der Waals surface area (Å²) < 4.78 is 31.7. The lowest BCUT2D eigenvalue weighted by molar-refractivity contribution is 0.187. The Balaban J connectivity index is 2.62. The first-order valence-corrected chi connectivity index (χ1v) is 11.0. The summed E-state index contributed by atoms with van der Waals surface area (Å²) in [6.45, 7) is 5.49. The summed E-state index contributed by atoms with van der Waals surface area (Å²) in [6.07, 6.45) is 3.10. The molecule has 2 amide bonds. The monoisotopic (exact) mass is 423 g/mol. The van der Waals surface area contributed by atoms with Crippen LogP contribution in [0.2, 0.25) is 0 Å². The second-order valence-corrected chi connectivity index (χ2v) is 8.95. The van der Waals surface area contributed by atoms with Gasteiger partial charge in [0, 0.05) is 46.3 Å². The highest BCUT2D eigenvalue weighted by Crippen LogP contribution is 2.19. The fourth-order valence-electron chi connectivity index (χ4n) is 2.65. The van der Waals surface area contributed by atoms with Gasteiger partial charge in [-0.25, -0.2) is 17.5 Å². The van der Waals surface area contributed by atoms with Gasteiger partial charge in [0.1, 0.15) is 6.07 Å². The average Bonchev–Trinajstić information content (AvgIpc) is 2.68. The molecule has 0 aliphatic rings. The molecule has 1 rings (SSSR count). The minimum atomic E-state index is -3.74. The lowest BCUT2D eigenvalue weighted by Gasteiger charge is -2.25. The quantitative estimate of drug-likeness (QED) is 0.519. The van der Waals surface area contributed by atoms with Crippen LogP contribution in [0.15, 0.2) is 29.2 Å². The molecule has 0 heterocycles. The number of hydrogen-bond acceptors (Lipinski definition) is 5. The third-order valence-corrected chi connectivity index (χ3v) is 6.10. The fraction of sp³-hybridized carbons (Fsp3) is 0.550. The molecule has 1 aromatic carbocycles. The van der Waals surface area contributed by atoms with Gasteiger partial charge >= 0.3 is 6.03 Å². The van der Waals surface area contributed by atoms with Crippen LogP contribution in [0.25, 0.3) is 0 Å². The molecule has 8 nitrogen and oxygen atoms in total. The van der Waals surface area contributed by atoms with Crippen molar-refractivity contribution in [3.63, 3.8) is 0 Å². The maximum absolute atomic E-state index is 12.7. The Morgan fingerprint density at radius 1 is 1.28 bits per heavy atom. The molecule has 0 aliphatic carbocycles. The van der Waals surface area contributed by atoms with E-state index in [1.54, 1.807) is 24.1 Å². The van der Waals surface area contributed by atoms with Crippen LogP contribution < -0.4 is 5.32 Å². The van der Waals surface area contributed by atoms with Crippen molar-refractivity contribution < 1.29 is 17.9 Å². The number of amides is 2. The summed E-state index contributed by atoms with van der Waals surface area (Å²) in [5.74, 6) is 0. The molecule has 0 fully saturated rings. The molecule has 1 aromatic rings. The molecular weight excluding hydrogens is 392 g/mol. The molecule has 0 saturated heterocycles. The first-order valence-electron chi connectivity index (χ1n) is 9.55.